The van der Waals surface area contributed by atoms with Crippen LogP contribution in [0.1, 0.15) is 18.5 Å². The first-order chi connectivity index (χ1) is 6.66. The molecular formula is C11H15BrClN. The molecule has 1 atom stereocenters. The molecular weight excluding hydrogens is 261 g/mol. The molecule has 0 saturated carbocycles. The van der Waals surface area contributed by atoms with E-state index in [1.807, 2.05) is 18.2 Å². The van der Waals surface area contributed by atoms with Gasteiger partial charge in [0, 0.05) is 22.9 Å². The zero-order valence-electron chi connectivity index (χ0n) is 8.50. The fourth-order valence-electron chi connectivity index (χ4n) is 1.38. The summed E-state index contributed by atoms with van der Waals surface area (Å²) in [5.74, 6) is 0. The largest absolute Gasteiger partial charge is 0.299 e. The molecule has 0 aliphatic carbocycles. The zero-order chi connectivity index (χ0) is 10.6. The molecule has 0 saturated heterocycles. The Morgan fingerprint density at radius 2 is 2.07 bits per heavy atom. The molecule has 0 fully saturated rings. The van der Waals surface area contributed by atoms with E-state index in [9.17, 15) is 0 Å². The van der Waals surface area contributed by atoms with Gasteiger partial charge in [-0.1, -0.05) is 45.7 Å². The van der Waals surface area contributed by atoms with Gasteiger partial charge in [-0.3, -0.25) is 4.90 Å². The maximum Gasteiger partial charge on any atom is 0.0453 e. The highest BCUT2D eigenvalue weighted by molar-refractivity contribution is 9.09. The minimum absolute atomic E-state index is 0.362. The van der Waals surface area contributed by atoms with Crippen LogP contribution in [0.3, 0.4) is 0 Å². The minimum Gasteiger partial charge on any atom is -0.299 e. The molecule has 1 aromatic rings. The second kappa shape index (κ2) is 5.74. The van der Waals surface area contributed by atoms with E-state index in [0.717, 1.165) is 16.9 Å². The molecule has 1 rings (SSSR count). The Kier molecular flexibility index (Phi) is 4.93. The number of benzene rings is 1. The van der Waals surface area contributed by atoms with E-state index in [-0.39, 0.29) is 0 Å². The molecule has 0 aliphatic heterocycles. The Bertz CT molecular complexity index is 290. The van der Waals surface area contributed by atoms with Crippen molar-refractivity contribution in [2.75, 3.05) is 18.9 Å². The Hall–Kier alpha value is -0.0500. The Morgan fingerprint density at radius 1 is 1.43 bits per heavy atom. The van der Waals surface area contributed by atoms with Gasteiger partial charge in [0.05, 0.1) is 0 Å². The standard InChI is InChI=1S/C11H15BrClN/c1-9(14(2)8-7-12)10-5-3-4-6-11(10)13/h3-6,9H,7-8H2,1-2H3. The lowest BCUT2D eigenvalue weighted by Gasteiger charge is -2.24. The molecule has 3 heteroatoms. The average molecular weight is 277 g/mol. The van der Waals surface area contributed by atoms with Crippen molar-refractivity contribution in [3.63, 3.8) is 0 Å². The molecule has 78 valence electrons. The lowest BCUT2D eigenvalue weighted by atomic mass is 10.1. The van der Waals surface area contributed by atoms with Crippen LogP contribution in [0.25, 0.3) is 0 Å². The third-order valence-electron chi connectivity index (χ3n) is 2.45. The maximum absolute atomic E-state index is 6.12. The molecule has 0 bridgehead atoms. The third-order valence-corrected chi connectivity index (χ3v) is 3.15. The summed E-state index contributed by atoms with van der Waals surface area (Å²) in [6.45, 7) is 3.19. The summed E-state index contributed by atoms with van der Waals surface area (Å²) in [5.41, 5.74) is 1.19. The van der Waals surface area contributed by atoms with Crippen LogP contribution in [-0.4, -0.2) is 23.8 Å². The van der Waals surface area contributed by atoms with Gasteiger partial charge in [0.2, 0.25) is 0 Å². The second-order valence-electron chi connectivity index (χ2n) is 3.37. The summed E-state index contributed by atoms with van der Waals surface area (Å²) in [7, 11) is 2.11. The van der Waals surface area contributed by atoms with Crippen molar-refractivity contribution in [2.24, 2.45) is 0 Å². The SMILES string of the molecule is CC(c1ccccc1Cl)N(C)CCBr. The summed E-state index contributed by atoms with van der Waals surface area (Å²) >= 11 is 9.56. The molecule has 0 amide bonds. The summed E-state index contributed by atoms with van der Waals surface area (Å²) < 4.78 is 0. The first kappa shape index (κ1) is 12.0. The van der Waals surface area contributed by atoms with Crippen molar-refractivity contribution in [1.29, 1.82) is 0 Å². The van der Waals surface area contributed by atoms with Gasteiger partial charge >= 0.3 is 0 Å². The van der Waals surface area contributed by atoms with E-state index in [4.69, 9.17) is 11.6 Å². The average Bonchev–Trinajstić information content (AvgIpc) is 2.18. The molecule has 0 spiro atoms. The molecule has 1 nitrogen and oxygen atoms in total. The van der Waals surface area contributed by atoms with E-state index in [2.05, 4.69) is 40.9 Å². The van der Waals surface area contributed by atoms with Crippen LogP contribution in [0.5, 0.6) is 0 Å². The lowest BCUT2D eigenvalue weighted by Crippen LogP contribution is -2.24. The highest BCUT2D eigenvalue weighted by Gasteiger charge is 2.12. The highest BCUT2D eigenvalue weighted by Crippen LogP contribution is 2.25. The molecule has 1 aromatic carbocycles. The smallest absolute Gasteiger partial charge is 0.0453 e. The number of alkyl halides is 1. The van der Waals surface area contributed by atoms with E-state index in [0.29, 0.717) is 6.04 Å². The van der Waals surface area contributed by atoms with E-state index in [1.54, 1.807) is 0 Å². The summed E-state index contributed by atoms with van der Waals surface area (Å²) in [4.78, 5) is 2.27. The number of rotatable bonds is 4. The van der Waals surface area contributed by atoms with Crippen molar-refractivity contribution in [3.05, 3.63) is 34.9 Å². The first-order valence-electron chi connectivity index (χ1n) is 4.67. The zero-order valence-corrected chi connectivity index (χ0v) is 10.8. The van der Waals surface area contributed by atoms with Crippen molar-refractivity contribution < 1.29 is 0 Å². The first-order valence-corrected chi connectivity index (χ1v) is 6.17. The number of halogens is 2. The summed E-state index contributed by atoms with van der Waals surface area (Å²) in [6, 6.07) is 8.37. The van der Waals surface area contributed by atoms with Gasteiger partial charge in [0.1, 0.15) is 0 Å². The van der Waals surface area contributed by atoms with Gasteiger partial charge in [0.25, 0.3) is 0 Å². The molecule has 0 radical (unpaired) electrons. The molecule has 0 N–H and O–H groups in total. The topological polar surface area (TPSA) is 3.24 Å². The van der Waals surface area contributed by atoms with Gasteiger partial charge in [-0.25, -0.2) is 0 Å². The fraction of sp³-hybridized carbons (Fsp3) is 0.455. The van der Waals surface area contributed by atoms with Crippen LogP contribution in [0.4, 0.5) is 0 Å². The molecule has 1 unspecified atom stereocenters. The van der Waals surface area contributed by atoms with Crippen LogP contribution < -0.4 is 0 Å². The van der Waals surface area contributed by atoms with Crippen molar-refractivity contribution in [3.8, 4) is 0 Å². The second-order valence-corrected chi connectivity index (χ2v) is 4.57. The van der Waals surface area contributed by atoms with Crippen molar-refractivity contribution >= 4 is 27.5 Å². The third kappa shape index (κ3) is 2.97. The Balaban J connectivity index is 2.78. The Morgan fingerprint density at radius 3 is 2.64 bits per heavy atom. The van der Waals surface area contributed by atoms with Crippen LogP contribution in [0.2, 0.25) is 5.02 Å². The van der Waals surface area contributed by atoms with Gasteiger partial charge in [-0.05, 0) is 25.6 Å². The van der Waals surface area contributed by atoms with Crippen LogP contribution in [0.15, 0.2) is 24.3 Å². The van der Waals surface area contributed by atoms with Gasteiger partial charge in [-0.15, -0.1) is 0 Å². The minimum atomic E-state index is 0.362. The molecule has 0 heterocycles. The fourth-order valence-corrected chi connectivity index (χ4v) is 2.23. The maximum atomic E-state index is 6.12. The lowest BCUT2D eigenvalue weighted by molar-refractivity contribution is 0.279. The summed E-state index contributed by atoms with van der Waals surface area (Å²) in [6.07, 6.45) is 0. The number of nitrogens with zero attached hydrogens (tertiary/aromatic N) is 1. The quantitative estimate of drug-likeness (QED) is 0.758. The normalized spacial score (nSPS) is 13.2. The van der Waals surface area contributed by atoms with Crippen molar-refractivity contribution in [2.45, 2.75) is 13.0 Å². The highest BCUT2D eigenvalue weighted by atomic mass is 79.9. The van der Waals surface area contributed by atoms with Crippen LogP contribution in [0, 0.1) is 0 Å². The number of hydrogen-bond donors (Lipinski definition) is 0. The predicted octanol–water partition coefficient (Wildman–Crippen LogP) is 3.73. The van der Waals surface area contributed by atoms with Gasteiger partial charge < -0.3 is 0 Å². The van der Waals surface area contributed by atoms with Gasteiger partial charge in [-0.2, -0.15) is 0 Å². The predicted molar refractivity (Wildman–Crippen MR) is 66.3 cm³/mol. The number of hydrogen-bond acceptors (Lipinski definition) is 1. The van der Waals surface area contributed by atoms with Crippen LogP contribution >= 0.6 is 27.5 Å². The van der Waals surface area contributed by atoms with E-state index < -0.39 is 0 Å². The molecule has 0 aliphatic rings. The van der Waals surface area contributed by atoms with Crippen LogP contribution in [-0.2, 0) is 0 Å². The summed E-state index contributed by atoms with van der Waals surface area (Å²) in [5, 5.41) is 1.83. The van der Waals surface area contributed by atoms with E-state index in [1.165, 1.54) is 5.56 Å². The monoisotopic (exact) mass is 275 g/mol. The Labute approximate surface area is 99.2 Å². The molecule has 14 heavy (non-hydrogen) atoms. The molecule has 0 aromatic heterocycles. The van der Waals surface area contributed by atoms with Gasteiger partial charge in [0.15, 0.2) is 0 Å². The van der Waals surface area contributed by atoms with E-state index >= 15 is 0 Å². The van der Waals surface area contributed by atoms with Crippen molar-refractivity contribution in [1.82, 2.24) is 4.90 Å².